The Labute approximate surface area is 274 Å². The van der Waals surface area contributed by atoms with Crippen molar-refractivity contribution in [1.82, 2.24) is 15.5 Å². The van der Waals surface area contributed by atoms with Gasteiger partial charge in [-0.1, -0.05) is 74.1 Å². The van der Waals surface area contributed by atoms with E-state index in [4.69, 9.17) is 9.47 Å². The predicted molar refractivity (Wildman–Crippen MR) is 181 cm³/mol. The molecular weight excluding hydrogens is 582 g/mol. The first-order chi connectivity index (χ1) is 21.9. The van der Waals surface area contributed by atoms with Crippen LogP contribution in [0, 0.1) is 18.3 Å². The smallest absolute Gasteiger partial charge is 0.251 e. The van der Waals surface area contributed by atoms with Crippen molar-refractivity contribution in [3.05, 3.63) is 94.7 Å². The summed E-state index contributed by atoms with van der Waals surface area (Å²) in [6.07, 6.45) is 8.07. The topological polar surface area (TPSA) is 117 Å². The van der Waals surface area contributed by atoms with Crippen LogP contribution >= 0.6 is 0 Å². The third-order valence-electron chi connectivity index (χ3n) is 8.31. The van der Waals surface area contributed by atoms with E-state index in [1.54, 1.807) is 63.6 Å². The molecular formula is C37H50N3O6. The van der Waals surface area contributed by atoms with Crippen LogP contribution in [-0.2, 0) is 23.9 Å². The van der Waals surface area contributed by atoms with Crippen LogP contribution in [0.15, 0.2) is 82.7 Å². The van der Waals surface area contributed by atoms with Gasteiger partial charge in [0.2, 0.25) is 11.6 Å². The fraction of sp³-hybridized carbons (Fsp3) is 0.459. The molecule has 1 amide bonds. The van der Waals surface area contributed by atoms with Crippen molar-refractivity contribution in [2.45, 2.75) is 58.8 Å². The number of likely N-dealkylation sites (N-methyl/N-ethyl adjacent to an activating group) is 1. The molecule has 46 heavy (non-hydrogen) atoms. The monoisotopic (exact) mass is 632 g/mol. The Hall–Kier alpha value is -3.63. The van der Waals surface area contributed by atoms with Crippen LogP contribution in [0.25, 0.3) is 5.57 Å². The van der Waals surface area contributed by atoms with Crippen LogP contribution in [-0.4, -0.2) is 87.2 Å². The zero-order valence-corrected chi connectivity index (χ0v) is 28.4. The number of allylic oxidation sites excluding steroid dienone is 4. The molecule has 2 bridgehead atoms. The van der Waals surface area contributed by atoms with E-state index >= 15 is 0 Å². The second kappa shape index (κ2) is 17.3. The second-order valence-electron chi connectivity index (χ2n) is 12.5. The number of fused-ring (bicyclic) bond motifs is 2. The molecule has 0 aromatic heterocycles. The quantitative estimate of drug-likeness (QED) is 0.384. The highest BCUT2D eigenvalue weighted by Crippen LogP contribution is 2.34. The lowest BCUT2D eigenvalue weighted by molar-refractivity contribution is -0.120. The summed E-state index contributed by atoms with van der Waals surface area (Å²) < 4.78 is 11.4. The van der Waals surface area contributed by atoms with Gasteiger partial charge in [-0.3, -0.25) is 14.4 Å². The van der Waals surface area contributed by atoms with Crippen molar-refractivity contribution in [3.8, 4) is 0 Å². The molecule has 3 rings (SSSR count). The minimum Gasteiger partial charge on any atom is -0.390 e. The number of carbonyl (C=O) groups is 3. The minimum atomic E-state index is -0.810. The summed E-state index contributed by atoms with van der Waals surface area (Å²) in [4.78, 5) is 44.2. The average Bonchev–Trinajstić information content (AvgIpc) is 3.02. The maximum atomic E-state index is 14.4. The summed E-state index contributed by atoms with van der Waals surface area (Å²) in [5.74, 6) is -1.65. The summed E-state index contributed by atoms with van der Waals surface area (Å²) in [5.41, 5.74) is 2.45. The summed E-state index contributed by atoms with van der Waals surface area (Å²) in [6.45, 7) is 8.59. The van der Waals surface area contributed by atoms with E-state index in [1.807, 2.05) is 58.3 Å². The highest BCUT2D eigenvalue weighted by molar-refractivity contribution is 6.39. The number of rotatable bonds is 7. The molecule has 1 aliphatic carbocycles. The number of nitrogens with zero attached hydrogens (tertiary/aromatic N) is 1. The number of hydrogen-bond donors (Lipinski definition) is 3. The largest absolute Gasteiger partial charge is 0.390 e. The Morgan fingerprint density at radius 2 is 1.72 bits per heavy atom. The van der Waals surface area contributed by atoms with Gasteiger partial charge in [0, 0.05) is 50.8 Å². The average molecular weight is 633 g/mol. The van der Waals surface area contributed by atoms with Gasteiger partial charge >= 0.3 is 0 Å². The SMILES string of the molecule is CO[C@H]1C[C@H](C)CC2=C(NCCN(C)C)C(=O)C(c3ccccc3)=C(NC(=O)/C(C)=C/C=C/[C@@H](OC)[CH]/C(C)=C/[C@H](C)[C@H]1O)C2=O. The Bertz CT molecular complexity index is 1410. The number of benzene rings is 1. The van der Waals surface area contributed by atoms with Crippen molar-refractivity contribution in [3.63, 3.8) is 0 Å². The molecule has 2 aliphatic rings. The van der Waals surface area contributed by atoms with Crippen LogP contribution in [0.4, 0.5) is 0 Å². The van der Waals surface area contributed by atoms with Crippen LogP contribution in [0.2, 0.25) is 0 Å². The van der Waals surface area contributed by atoms with Gasteiger partial charge < -0.3 is 30.1 Å². The van der Waals surface area contributed by atoms with Gasteiger partial charge in [0.05, 0.1) is 29.6 Å². The molecule has 1 heterocycles. The number of nitrogens with one attached hydrogen (secondary N) is 2. The van der Waals surface area contributed by atoms with Crippen molar-refractivity contribution < 1.29 is 29.0 Å². The predicted octanol–water partition coefficient (Wildman–Crippen LogP) is 4.18. The molecule has 3 N–H and O–H groups in total. The number of aliphatic hydroxyl groups is 1. The molecule has 5 atom stereocenters. The number of ether oxygens (including phenoxy) is 2. The Morgan fingerprint density at radius 3 is 2.35 bits per heavy atom. The molecule has 1 radical (unpaired) electrons. The van der Waals surface area contributed by atoms with Gasteiger partial charge in [-0.15, -0.1) is 0 Å². The first-order valence-corrected chi connectivity index (χ1v) is 15.8. The summed E-state index contributed by atoms with van der Waals surface area (Å²) in [7, 11) is 7.03. The number of methoxy groups -OCH3 is 2. The first-order valence-electron chi connectivity index (χ1n) is 15.8. The first kappa shape index (κ1) is 36.8. The normalized spacial score (nSPS) is 28.8. The Morgan fingerprint density at radius 1 is 1.02 bits per heavy atom. The van der Waals surface area contributed by atoms with Gasteiger partial charge in [0.1, 0.15) is 5.70 Å². The fourth-order valence-corrected chi connectivity index (χ4v) is 5.71. The summed E-state index contributed by atoms with van der Waals surface area (Å²) in [5, 5.41) is 17.4. The molecule has 1 aromatic rings. The van der Waals surface area contributed by atoms with Crippen LogP contribution < -0.4 is 10.6 Å². The molecule has 0 saturated heterocycles. The van der Waals surface area contributed by atoms with Gasteiger partial charge in [0.15, 0.2) is 0 Å². The number of hydrogen-bond acceptors (Lipinski definition) is 8. The van der Waals surface area contributed by atoms with Crippen molar-refractivity contribution in [2.24, 2.45) is 11.8 Å². The molecule has 9 heteroatoms. The molecule has 0 saturated carbocycles. The number of ketones is 2. The van der Waals surface area contributed by atoms with E-state index in [0.717, 1.165) is 5.57 Å². The zero-order valence-electron chi connectivity index (χ0n) is 28.4. The maximum absolute atomic E-state index is 14.4. The zero-order chi connectivity index (χ0) is 34.0. The number of carbonyl (C=O) groups excluding carboxylic acids is 3. The Kier molecular flexibility index (Phi) is 13.9. The third kappa shape index (κ3) is 9.69. The van der Waals surface area contributed by atoms with Gasteiger partial charge in [-0.05, 0) is 52.3 Å². The molecule has 0 unspecified atom stereocenters. The number of Topliss-reactive ketones (excluding diaryl/α,β-unsaturated/α-hetero) is 2. The third-order valence-corrected chi connectivity index (χ3v) is 8.31. The molecule has 1 aromatic carbocycles. The van der Waals surface area contributed by atoms with Crippen LogP contribution in [0.3, 0.4) is 0 Å². The second-order valence-corrected chi connectivity index (χ2v) is 12.5. The van der Waals surface area contributed by atoms with Crippen LogP contribution in [0.5, 0.6) is 0 Å². The van der Waals surface area contributed by atoms with E-state index in [9.17, 15) is 19.5 Å². The number of aliphatic hydroxyl groups excluding tert-OH is 1. The molecule has 1 aliphatic heterocycles. The van der Waals surface area contributed by atoms with E-state index < -0.39 is 23.9 Å². The lowest BCUT2D eigenvalue weighted by atomic mass is 9.81. The van der Waals surface area contributed by atoms with Crippen molar-refractivity contribution >= 4 is 23.0 Å². The molecule has 0 fully saturated rings. The van der Waals surface area contributed by atoms with Crippen LogP contribution in [0.1, 0.15) is 46.1 Å². The van der Waals surface area contributed by atoms with Crippen molar-refractivity contribution in [2.75, 3.05) is 41.4 Å². The fourth-order valence-electron chi connectivity index (χ4n) is 5.71. The lowest BCUT2D eigenvalue weighted by Crippen LogP contribution is -2.40. The van der Waals surface area contributed by atoms with E-state index in [2.05, 4.69) is 10.6 Å². The van der Waals surface area contributed by atoms with E-state index in [0.29, 0.717) is 36.2 Å². The standard InChI is InChI=1S/C37H50N3O6/c1-23-19-26(4)34(41)30(46-8)22-24(2)21-29-32(38-17-18-40(5)6)36(43)31(27-14-10-9-11-15-27)33(35(29)42)39-37(44)25(3)13-12-16-28(20-23)45-7/h9-16,19-20,24,26,28,30,34,38,41H,17-18,21-22H2,1-8H3,(H,39,44)/b16-12+,23-19+,25-13+/t24-,26+,28-,30+,34-/m1/s1. The highest BCUT2D eigenvalue weighted by Gasteiger charge is 2.37. The summed E-state index contributed by atoms with van der Waals surface area (Å²) >= 11 is 0. The van der Waals surface area contributed by atoms with Crippen molar-refractivity contribution in [1.29, 1.82) is 0 Å². The van der Waals surface area contributed by atoms with Gasteiger partial charge in [0.25, 0.3) is 5.91 Å². The highest BCUT2D eigenvalue weighted by atomic mass is 16.5. The molecule has 0 spiro atoms. The summed E-state index contributed by atoms with van der Waals surface area (Å²) in [6, 6.07) is 8.93. The minimum absolute atomic E-state index is 0.0453. The van der Waals surface area contributed by atoms with Gasteiger partial charge in [-0.25, -0.2) is 0 Å². The maximum Gasteiger partial charge on any atom is 0.251 e. The van der Waals surface area contributed by atoms with E-state index in [-0.39, 0.29) is 47.1 Å². The Balaban J connectivity index is 2.18. The van der Waals surface area contributed by atoms with E-state index in [1.165, 1.54) is 0 Å². The molecule has 249 valence electrons. The lowest BCUT2D eigenvalue weighted by Gasteiger charge is -2.30. The molecule has 9 nitrogen and oxygen atoms in total. The van der Waals surface area contributed by atoms with Gasteiger partial charge in [-0.2, -0.15) is 0 Å². The number of amides is 1.